The molecule has 0 aliphatic carbocycles. The molecule has 1 amide bonds. The topological polar surface area (TPSA) is 58.4 Å². The van der Waals surface area contributed by atoms with Crippen LogP contribution in [0.4, 0.5) is 5.69 Å². The van der Waals surface area contributed by atoms with E-state index in [9.17, 15) is 4.79 Å². The molecule has 1 aromatic rings. The Balaban J connectivity index is 2.31. The van der Waals surface area contributed by atoms with E-state index in [1.807, 2.05) is 19.2 Å². The van der Waals surface area contributed by atoms with E-state index in [1.54, 1.807) is 6.07 Å². The quantitative estimate of drug-likeness (QED) is 0.875. The fraction of sp³-hybridized carbons (Fsp3) is 0.462. The SMILES string of the molecule is CN(c1cccc(Cl)c1C(N)=O)C1CCCNC1. The summed E-state index contributed by atoms with van der Waals surface area (Å²) in [4.78, 5) is 13.6. The molecular formula is C13H18ClN3O. The van der Waals surface area contributed by atoms with Crippen molar-refractivity contribution in [2.45, 2.75) is 18.9 Å². The number of nitrogens with one attached hydrogen (secondary N) is 1. The molecule has 1 aliphatic rings. The van der Waals surface area contributed by atoms with E-state index >= 15 is 0 Å². The van der Waals surface area contributed by atoms with Crippen LogP contribution in [0, 0.1) is 0 Å². The molecule has 3 N–H and O–H groups in total. The van der Waals surface area contributed by atoms with Crippen LogP contribution in [0.3, 0.4) is 0 Å². The Hall–Kier alpha value is -1.26. The highest BCUT2D eigenvalue weighted by Gasteiger charge is 2.22. The van der Waals surface area contributed by atoms with Crippen LogP contribution in [0.1, 0.15) is 23.2 Å². The summed E-state index contributed by atoms with van der Waals surface area (Å²) in [5, 5.41) is 3.77. The summed E-state index contributed by atoms with van der Waals surface area (Å²) in [6.07, 6.45) is 2.25. The molecule has 4 nitrogen and oxygen atoms in total. The van der Waals surface area contributed by atoms with Crippen molar-refractivity contribution >= 4 is 23.2 Å². The van der Waals surface area contributed by atoms with Crippen LogP contribution in [0.2, 0.25) is 5.02 Å². The van der Waals surface area contributed by atoms with Crippen molar-refractivity contribution in [3.8, 4) is 0 Å². The van der Waals surface area contributed by atoms with Gasteiger partial charge in [0.05, 0.1) is 16.3 Å². The molecule has 1 saturated heterocycles. The molecule has 1 heterocycles. The Kier molecular flexibility index (Phi) is 4.09. The minimum atomic E-state index is -0.480. The summed E-state index contributed by atoms with van der Waals surface area (Å²) in [5.41, 5.74) is 6.64. The summed E-state index contributed by atoms with van der Waals surface area (Å²) in [7, 11) is 1.98. The van der Waals surface area contributed by atoms with Gasteiger partial charge in [0, 0.05) is 19.6 Å². The van der Waals surface area contributed by atoms with Crippen molar-refractivity contribution in [2.24, 2.45) is 5.73 Å². The summed E-state index contributed by atoms with van der Waals surface area (Å²) in [6.45, 7) is 1.98. The monoisotopic (exact) mass is 267 g/mol. The van der Waals surface area contributed by atoms with Crippen LogP contribution in [-0.2, 0) is 0 Å². The molecule has 1 atom stereocenters. The third kappa shape index (κ3) is 2.60. The Bertz CT molecular complexity index is 444. The second kappa shape index (κ2) is 5.59. The normalized spacial score (nSPS) is 19.6. The lowest BCUT2D eigenvalue weighted by Crippen LogP contribution is -2.44. The lowest BCUT2D eigenvalue weighted by molar-refractivity contribution is 0.100. The zero-order valence-electron chi connectivity index (χ0n) is 10.4. The number of carbonyl (C=O) groups excluding carboxylic acids is 1. The highest BCUT2D eigenvalue weighted by Crippen LogP contribution is 2.28. The van der Waals surface area contributed by atoms with E-state index in [2.05, 4.69) is 10.2 Å². The maximum atomic E-state index is 11.5. The summed E-state index contributed by atoms with van der Waals surface area (Å²) in [5.74, 6) is -0.480. The Morgan fingerprint density at radius 3 is 2.94 bits per heavy atom. The zero-order valence-corrected chi connectivity index (χ0v) is 11.2. The van der Waals surface area contributed by atoms with Crippen LogP contribution in [0.15, 0.2) is 18.2 Å². The third-order valence-electron chi connectivity index (χ3n) is 3.44. The fourth-order valence-corrected chi connectivity index (χ4v) is 2.67. The Morgan fingerprint density at radius 2 is 2.33 bits per heavy atom. The number of benzene rings is 1. The van der Waals surface area contributed by atoms with E-state index in [4.69, 9.17) is 17.3 Å². The molecule has 0 saturated carbocycles. The van der Waals surface area contributed by atoms with Gasteiger partial charge >= 0.3 is 0 Å². The third-order valence-corrected chi connectivity index (χ3v) is 3.75. The van der Waals surface area contributed by atoms with Crippen LogP contribution in [-0.4, -0.2) is 32.1 Å². The highest BCUT2D eigenvalue weighted by atomic mass is 35.5. The lowest BCUT2D eigenvalue weighted by atomic mass is 10.0. The molecule has 18 heavy (non-hydrogen) atoms. The van der Waals surface area contributed by atoms with Gasteiger partial charge in [-0.2, -0.15) is 0 Å². The molecule has 98 valence electrons. The molecule has 1 unspecified atom stereocenters. The molecule has 1 fully saturated rings. The van der Waals surface area contributed by atoms with Gasteiger partial charge in [-0.15, -0.1) is 0 Å². The molecule has 0 spiro atoms. The van der Waals surface area contributed by atoms with Crippen molar-refractivity contribution in [1.82, 2.24) is 5.32 Å². The minimum absolute atomic E-state index is 0.371. The number of nitrogens with zero attached hydrogens (tertiary/aromatic N) is 1. The number of carbonyl (C=O) groups is 1. The first-order chi connectivity index (χ1) is 8.61. The lowest BCUT2D eigenvalue weighted by Gasteiger charge is -2.34. The maximum Gasteiger partial charge on any atom is 0.252 e. The van der Waals surface area contributed by atoms with Gasteiger partial charge in [0.2, 0.25) is 0 Å². The van der Waals surface area contributed by atoms with E-state index in [0.717, 1.165) is 31.6 Å². The molecule has 0 radical (unpaired) electrons. The number of piperidine rings is 1. The Morgan fingerprint density at radius 1 is 1.56 bits per heavy atom. The number of likely N-dealkylation sites (N-methyl/N-ethyl adjacent to an activating group) is 1. The van der Waals surface area contributed by atoms with Gasteiger partial charge in [-0.1, -0.05) is 17.7 Å². The molecule has 5 heteroatoms. The predicted molar refractivity (Wildman–Crippen MR) is 74.3 cm³/mol. The van der Waals surface area contributed by atoms with Crippen LogP contribution in [0.25, 0.3) is 0 Å². The average Bonchev–Trinajstić information content (AvgIpc) is 2.38. The van der Waals surface area contributed by atoms with Crippen molar-refractivity contribution in [3.63, 3.8) is 0 Å². The van der Waals surface area contributed by atoms with E-state index in [0.29, 0.717) is 16.6 Å². The Labute approximate surface area is 112 Å². The second-order valence-corrected chi connectivity index (χ2v) is 5.02. The van der Waals surface area contributed by atoms with Crippen LogP contribution < -0.4 is 16.0 Å². The number of rotatable bonds is 3. The van der Waals surface area contributed by atoms with E-state index < -0.39 is 5.91 Å². The van der Waals surface area contributed by atoms with Gasteiger partial charge in [-0.3, -0.25) is 4.79 Å². The number of hydrogen-bond acceptors (Lipinski definition) is 3. The first-order valence-electron chi connectivity index (χ1n) is 6.13. The summed E-state index contributed by atoms with van der Waals surface area (Å²) < 4.78 is 0. The number of amides is 1. The predicted octanol–water partition coefficient (Wildman–Crippen LogP) is 1.63. The molecule has 0 bridgehead atoms. The highest BCUT2D eigenvalue weighted by molar-refractivity contribution is 6.34. The molecule has 1 aliphatic heterocycles. The number of nitrogens with two attached hydrogens (primary N) is 1. The zero-order chi connectivity index (χ0) is 13.1. The number of anilines is 1. The van der Waals surface area contributed by atoms with Gasteiger partial charge < -0.3 is 16.0 Å². The van der Waals surface area contributed by atoms with Gasteiger partial charge in [-0.05, 0) is 31.5 Å². The minimum Gasteiger partial charge on any atom is -0.370 e. The van der Waals surface area contributed by atoms with E-state index in [-0.39, 0.29) is 0 Å². The number of hydrogen-bond donors (Lipinski definition) is 2. The first kappa shape index (κ1) is 13.2. The van der Waals surface area contributed by atoms with Crippen molar-refractivity contribution in [2.75, 3.05) is 25.0 Å². The summed E-state index contributed by atoms with van der Waals surface area (Å²) >= 11 is 6.06. The largest absolute Gasteiger partial charge is 0.370 e. The van der Waals surface area contributed by atoms with E-state index in [1.165, 1.54) is 0 Å². The first-order valence-corrected chi connectivity index (χ1v) is 6.51. The average molecular weight is 268 g/mol. The van der Waals surface area contributed by atoms with Crippen LogP contribution in [0.5, 0.6) is 0 Å². The molecule has 0 aromatic heterocycles. The second-order valence-electron chi connectivity index (χ2n) is 4.61. The van der Waals surface area contributed by atoms with Crippen LogP contribution >= 0.6 is 11.6 Å². The van der Waals surface area contributed by atoms with Crippen molar-refractivity contribution in [3.05, 3.63) is 28.8 Å². The fourth-order valence-electron chi connectivity index (χ4n) is 2.41. The summed E-state index contributed by atoms with van der Waals surface area (Å²) in [6, 6.07) is 5.80. The van der Waals surface area contributed by atoms with Gasteiger partial charge in [0.15, 0.2) is 0 Å². The molecule has 2 rings (SSSR count). The standard InChI is InChI=1S/C13H18ClN3O/c1-17(9-4-3-7-16-8-9)11-6-2-5-10(14)12(11)13(15)18/h2,5-6,9,16H,3-4,7-8H2,1H3,(H2,15,18). The molecule has 1 aromatic carbocycles. The number of halogens is 1. The van der Waals surface area contributed by atoms with Crippen molar-refractivity contribution < 1.29 is 4.79 Å². The molecular weight excluding hydrogens is 250 g/mol. The van der Waals surface area contributed by atoms with Gasteiger partial charge in [0.25, 0.3) is 5.91 Å². The maximum absolute atomic E-state index is 11.5. The van der Waals surface area contributed by atoms with Gasteiger partial charge in [0.1, 0.15) is 0 Å². The van der Waals surface area contributed by atoms with Crippen molar-refractivity contribution in [1.29, 1.82) is 0 Å². The van der Waals surface area contributed by atoms with Gasteiger partial charge in [-0.25, -0.2) is 0 Å². The smallest absolute Gasteiger partial charge is 0.252 e. The number of primary amides is 1.